The molecule has 5 nitrogen and oxygen atoms in total. The minimum absolute atomic E-state index is 0.253. The highest BCUT2D eigenvalue weighted by atomic mass is 35.5. The van der Waals surface area contributed by atoms with Crippen LogP contribution in [0.1, 0.15) is 5.56 Å². The summed E-state index contributed by atoms with van der Waals surface area (Å²) in [7, 11) is 0. The average molecular weight is 272 g/mol. The standard InChI is InChI=1S/C12H18ClN3O2/c13-11-6-9(5-10(18)8-17)7-15-12(11)16-3-1-14-2-4-16/h6-7,10,14,17-18H,1-5,8H2/t10-/m1/s1. The summed E-state index contributed by atoms with van der Waals surface area (Å²) in [6.07, 6.45) is 1.32. The van der Waals surface area contributed by atoms with Crippen molar-refractivity contribution < 1.29 is 10.2 Å². The number of rotatable bonds is 4. The Labute approximate surface area is 111 Å². The second kappa shape index (κ2) is 6.33. The van der Waals surface area contributed by atoms with E-state index in [1.807, 2.05) is 6.07 Å². The van der Waals surface area contributed by atoms with Gasteiger partial charge in [-0.05, 0) is 11.6 Å². The van der Waals surface area contributed by atoms with Gasteiger partial charge >= 0.3 is 0 Å². The maximum atomic E-state index is 9.38. The Morgan fingerprint density at radius 3 is 2.78 bits per heavy atom. The summed E-state index contributed by atoms with van der Waals surface area (Å²) in [6.45, 7) is 3.40. The van der Waals surface area contributed by atoms with Crippen molar-refractivity contribution in [3.8, 4) is 0 Å². The van der Waals surface area contributed by atoms with Gasteiger partial charge in [-0.25, -0.2) is 4.98 Å². The molecule has 3 N–H and O–H groups in total. The maximum Gasteiger partial charge on any atom is 0.147 e. The van der Waals surface area contributed by atoms with Crippen molar-refractivity contribution in [1.82, 2.24) is 10.3 Å². The molecule has 1 aliphatic heterocycles. The number of aliphatic hydroxyl groups is 2. The second-order valence-corrected chi connectivity index (χ2v) is 4.83. The van der Waals surface area contributed by atoms with Gasteiger partial charge in [0.2, 0.25) is 0 Å². The van der Waals surface area contributed by atoms with Gasteiger partial charge in [0.05, 0.1) is 17.7 Å². The number of halogens is 1. The lowest BCUT2D eigenvalue weighted by Crippen LogP contribution is -2.44. The molecule has 6 heteroatoms. The normalized spacial score (nSPS) is 17.8. The predicted molar refractivity (Wildman–Crippen MR) is 71.1 cm³/mol. The van der Waals surface area contributed by atoms with Gasteiger partial charge in [0.1, 0.15) is 5.82 Å². The molecule has 0 aromatic carbocycles. The number of hydrogen-bond acceptors (Lipinski definition) is 5. The SMILES string of the molecule is OC[C@H](O)Cc1cnc(N2CCNCC2)c(Cl)c1. The Kier molecular flexibility index (Phi) is 4.77. The van der Waals surface area contributed by atoms with Crippen molar-refractivity contribution in [1.29, 1.82) is 0 Å². The van der Waals surface area contributed by atoms with E-state index in [-0.39, 0.29) is 6.61 Å². The third-order valence-electron chi connectivity index (χ3n) is 2.98. The number of aromatic nitrogens is 1. The van der Waals surface area contributed by atoms with Gasteiger partial charge < -0.3 is 20.4 Å². The van der Waals surface area contributed by atoms with Crippen molar-refractivity contribution in [2.24, 2.45) is 0 Å². The molecule has 1 aliphatic rings. The summed E-state index contributed by atoms with van der Waals surface area (Å²) in [5, 5.41) is 22.1. The van der Waals surface area contributed by atoms with Gasteiger partial charge in [-0.1, -0.05) is 11.6 Å². The largest absolute Gasteiger partial charge is 0.394 e. The molecule has 2 rings (SSSR count). The Morgan fingerprint density at radius 1 is 1.44 bits per heavy atom. The first-order chi connectivity index (χ1) is 8.70. The fourth-order valence-corrected chi connectivity index (χ4v) is 2.34. The van der Waals surface area contributed by atoms with Crippen LogP contribution in [0.4, 0.5) is 5.82 Å². The molecule has 0 saturated carbocycles. The van der Waals surface area contributed by atoms with Crippen LogP contribution in [0, 0.1) is 0 Å². The van der Waals surface area contributed by atoms with Crippen molar-refractivity contribution in [3.05, 3.63) is 22.8 Å². The molecule has 0 spiro atoms. The molecule has 1 fully saturated rings. The van der Waals surface area contributed by atoms with Crippen LogP contribution in [0.3, 0.4) is 0 Å². The van der Waals surface area contributed by atoms with E-state index < -0.39 is 6.10 Å². The Balaban J connectivity index is 2.09. The molecule has 1 aromatic heterocycles. The van der Waals surface area contributed by atoms with E-state index in [4.69, 9.17) is 16.7 Å². The monoisotopic (exact) mass is 271 g/mol. The minimum Gasteiger partial charge on any atom is -0.394 e. The van der Waals surface area contributed by atoms with Crippen LogP contribution in [0.2, 0.25) is 5.02 Å². The molecule has 0 aliphatic carbocycles. The highest BCUT2D eigenvalue weighted by molar-refractivity contribution is 6.33. The van der Waals surface area contributed by atoms with Crippen molar-refractivity contribution in [2.75, 3.05) is 37.7 Å². The second-order valence-electron chi connectivity index (χ2n) is 4.43. The number of nitrogens with zero attached hydrogens (tertiary/aromatic N) is 2. The van der Waals surface area contributed by atoms with Crippen LogP contribution < -0.4 is 10.2 Å². The molecule has 0 unspecified atom stereocenters. The topological polar surface area (TPSA) is 68.6 Å². The molecule has 0 bridgehead atoms. The molecule has 18 heavy (non-hydrogen) atoms. The molecule has 1 atom stereocenters. The third-order valence-corrected chi connectivity index (χ3v) is 3.26. The summed E-state index contributed by atoms with van der Waals surface area (Å²) in [5.74, 6) is 0.792. The highest BCUT2D eigenvalue weighted by Crippen LogP contribution is 2.24. The number of nitrogens with one attached hydrogen (secondary N) is 1. The number of piperazine rings is 1. The third kappa shape index (κ3) is 3.32. The van der Waals surface area contributed by atoms with Crippen LogP contribution in [-0.2, 0) is 6.42 Å². The zero-order chi connectivity index (χ0) is 13.0. The van der Waals surface area contributed by atoms with E-state index in [0.717, 1.165) is 37.6 Å². The van der Waals surface area contributed by atoms with Crippen LogP contribution in [0.15, 0.2) is 12.3 Å². The first kappa shape index (κ1) is 13.5. The quantitative estimate of drug-likeness (QED) is 0.722. The van der Waals surface area contributed by atoms with Gasteiger partial charge in [0, 0.05) is 38.8 Å². The maximum absolute atomic E-state index is 9.38. The first-order valence-electron chi connectivity index (χ1n) is 6.09. The van der Waals surface area contributed by atoms with Crippen LogP contribution in [0.5, 0.6) is 0 Å². The molecule has 2 heterocycles. The summed E-state index contributed by atoms with van der Waals surface area (Å²) >= 11 is 6.22. The smallest absolute Gasteiger partial charge is 0.147 e. The zero-order valence-electron chi connectivity index (χ0n) is 10.1. The molecule has 1 aromatic rings. The predicted octanol–water partition coefficient (Wildman–Crippen LogP) is 0.0403. The Morgan fingerprint density at radius 2 is 2.17 bits per heavy atom. The van der Waals surface area contributed by atoms with Crippen molar-refractivity contribution in [3.63, 3.8) is 0 Å². The minimum atomic E-state index is -0.757. The van der Waals surface area contributed by atoms with Gasteiger partial charge in [0.15, 0.2) is 0 Å². The molecular weight excluding hydrogens is 254 g/mol. The molecular formula is C12H18ClN3O2. The summed E-state index contributed by atoms with van der Waals surface area (Å²) in [6, 6.07) is 1.81. The van der Waals surface area contributed by atoms with Gasteiger partial charge in [-0.2, -0.15) is 0 Å². The van der Waals surface area contributed by atoms with E-state index in [0.29, 0.717) is 11.4 Å². The number of pyridine rings is 1. The van der Waals surface area contributed by atoms with Gasteiger partial charge in [0.25, 0.3) is 0 Å². The summed E-state index contributed by atoms with van der Waals surface area (Å²) in [5.41, 5.74) is 0.834. The fourth-order valence-electron chi connectivity index (χ4n) is 2.03. The van der Waals surface area contributed by atoms with Gasteiger partial charge in [-0.15, -0.1) is 0 Å². The van der Waals surface area contributed by atoms with Crippen LogP contribution in [0.25, 0.3) is 0 Å². The first-order valence-corrected chi connectivity index (χ1v) is 6.47. The number of anilines is 1. The van der Waals surface area contributed by atoms with E-state index >= 15 is 0 Å². The van der Waals surface area contributed by atoms with Crippen molar-refractivity contribution >= 4 is 17.4 Å². The van der Waals surface area contributed by atoms with Crippen LogP contribution >= 0.6 is 11.6 Å². The van der Waals surface area contributed by atoms with E-state index in [9.17, 15) is 5.11 Å². The lowest BCUT2D eigenvalue weighted by Gasteiger charge is -2.29. The van der Waals surface area contributed by atoms with E-state index in [1.54, 1.807) is 6.20 Å². The molecule has 0 amide bonds. The fraction of sp³-hybridized carbons (Fsp3) is 0.583. The summed E-state index contributed by atoms with van der Waals surface area (Å²) < 4.78 is 0. The number of hydrogen-bond donors (Lipinski definition) is 3. The highest BCUT2D eigenvalue weighted by Gasteiger charge is 2.15. The van der Waals surface area contributed by atoms with Crippen LogP contribution in [-0.4, -0.2) is 54.1 Å². The number of aliphatic hydroxyl groups excluding tert-OH is 2. The lowest BCUT2D eigenvalue weighted by molar-refractivity contribution is 0.0954. The van der Waals surface area contributed by atoms with Gasteiger partial charge in [-0.3, -0.25) is 0 Å². The average Bonchev–Trinajstić information content (AvgIpc) is 2.40. The van der Waals surface area contributed by atoms with E-state index in [1.165, 1.54) is 0 Å². The molecule has 100 valence electrons. The summed E-state index contributed by atoms with van der Waals surface area (Å²) in [4.78, 5) is 6.51. The molecule has 0 radical (unpaired) electrons. The lowest BCUT2D eigenvalue weighted by atomic mass is 10.1. The molecule has 1 saturated heterocycles. The zero-order valence-corrected chi connectivity index (χ0v) is 10.9. The Hall–Kier alpha value is -0.880. The van der Waals surface area contributed by atoms with E-state index in [2.05, 4.69) is 15.2 Å². The van der Waals surface area contributed by atoms with Crippen molar-refractivity contribution in [2.45, 2.75) is 12.5 Å². The Bertz CT molecular complexity index is 397.